The zero-order chi connectivity index (χ0) is 20.1. The molecule has 0 radical (unpaired) electrons. The van der Waals surface area contributed by atoms with Crippen molar-refractivity contribution in [3.63, 3.8) is 0 Å². The van der Waals surface area contributed by atoms with Crippen molar-refractivity contribution in [2.45, 2.75) is 6.92 Å². The molecule has 3 rings (SSSR count). The van der Waals surface area contributed by atoms with Gasteiger partial charge in [-0.1, -0.05) is 23.2 Å². The van der Waals surface area contributed by atoms with Gasteiger partial charge in [-0.25, -0.2) is 14.8 Å². The predicted molar refractivity (Wildman–Crippen MR) is 112 cm³/mol. The Morgan fingerprint density at radius 3 is 2.43 bits per heavy atom. The van der Waals surface area contributed by atoms with Gasteiger partial charge < -0.3 is 21.1 Å². The second-order valence-electron chi connectivity index (χ2n) is 5.66. The summed E-state index contributed by atoms with van der Waals surface area (Å²) in [6.45, 7) is 2.08. The Bertz CT molecular complexity index is 996. The van der Waals surface area contributed by atoms with Gasteiger partial charge in [-0.15, -0.1) is 0 Å². The number of anilines is 5. The number of benzene rings is 2. The van der Waals surface area contributed by atoms with Gasteiger partial charge in [0.1, 0.15) is 12.0 Å². The summed E-state index contributed by atoms with van der Waals surface area (Å²) in [6, 6.07) is 11.8. The van der Waals surface area contributed by atoms with E-state index in [9.17, 15) is 4.79 Å². The van der Waals surface area contributed by atoms with Crippen LogP contribution in [0.1, 0.15) is 17.3 Å². The normalized spacial score (nSPS) is 10.4. The summed E-state index contributed by atoms with van der Waals surface area (Å²) < 4.78 is 4.97. The molecule has 7 nitrogen and oxygen atoms in total. The van der Waals surface area contributed by atoms with Crippen LogP contribution < -0.4 is 16.4 Å². The van der Waals surface area contributed by atoms with Gasteiger partial charge in [0.15, 0.2) is 11.6 Å². The third-order valence-electron chi connectivity index (χ3n) is 3.72. The highest BCUT2D eigenvalue weighted by Crippen LogP contribution is 2.32. The first kappa shape index (κ1) is 19.7. The minimum atomic E-state index is -0.375. The van der Waals surface area contributed by atoms with Crippen molar-refractivity contribution in [3.05, 3.63) is 64.4 Å². The molecule has 0 unspecified atom stereocenters. The van der Waals surface area contributed by atoms with Crippen LogP contribution >= 0.6 is 23.2 Å². The average molecular weight is 418 g/mol. The van der Waals surface area contributed by atoms with E-state index < -0.39 is 0 Å². The molecule has 4 N–H and O–H groups in total. The van der Waals surface area contributed by atoms with E-state index in [0.717, 1.165) is 0 Å². The molecule has 0 spiro atoms. The van der Waals surface area contributed by atoms with Crippen molar-refractivity contribution in [3.8, 4) is 0 Å². The number of carbonyl (C=O) groups is 1. The van der Waals surface area contributed by atoms with Gasteiger partial charge in [0, 0.05) is 10.7 Å². The van der Waals surface area contributed by atoms with Gasteiger partial charge in [-0.3, -0.25) is 0 Å². The Kier molecular flexibility index (Phi) is 6.18. The average Bonchev–Trinajstić information content (AvgIpc) is 2.68. The number of rotatable bonds is 6. The van der Waals surface area contributed by atoms with Gasteiger partial charge >= 0.3 is 5.97 Å². The Hall–Kier alpha value is -3.03. The molecule has 3 aromatic rings. The van der Waals surface area contributed by atoms with Gasteiger partial charge in [-0.2, -0.15) is 0 Å². The van der Waals surface area contributed by atoms with Crippen molar-refractivity contribution in [2.75, 3.05) is 23.0 Å². The number of nitrogens with two attached hydrogens (primary N) is 1. The van der Waals surface area contributed by atoms with Crippen LogP contribution in [0.25, 0.3) is 0 Å². The predicted octanol–water partition coefficient (Wildman–Crippen LogP) is 5.03. The Morgan fingerprint density at radius 1 is 1.07 bits per heavy atom. The molecule has 0 fully saturated rings. The number of ether oxygens (including phenoxy) is 1. The van der Waals surface area contributed by atoms with E-state index in [0.29, 0.717) is 50.9 Å². The lowest BCUT2D eigenvalue weighted by Gasteiger charge is -2.13. The summed E-state index contributed by atoms with van der Waals surface area (Å²) in [5.74, 6) is 0.407. The van der Waals surface area contributed by atoms with Gasteiger partial charge in [-0.05, 0) is 49.4 Å². The van der Waals surface area contributed by atoms with Crippen molar-refractivity contribution in [2.24, 2.45) is 0 Å². The van der Waals surface area contributed by atoms with Crippen LogP contribution in [-0.2, 0) is 4.74 Å². The van der Waals surface area contributed by atoms with Crippen molar-refractivity contribution in [1.82, 2.24) is 9.97 Å². The Balaban J connectivity index is 1.79. The molecular weight excluding hydrogens is 401 g/mol. The van der Waals surface area contributed by atoms with E-state index in [1.54, 1.807) is 49.4 Å². The molecule has 144 valence electrons. The topological polar surface area (TPSA) is 102 Å². The molecule has 9 heteroatoms. The monoisotopic (exact) mass is 417 g/mol. The maximum absolute atomic E-state index is 11.7. The van der Waals surface area contributed by atoms with E-state index in [1.807, 2.05) is 0 Å². The first-order valence-corrected chi connectivity index (χ1v) is 9.10. The third-order valence-corrected chi connectivity index (χ3v) is 4.29. The molecular formula is C19H17Cl2N5O2. The summed E-state index contributed by atoms with van der Waals surface area (Å²) >= 11 is 12.2. The summed E-state index contributed by atoms with van der Waals surface area (Å²) in [5.41, 5.74) is 8.22. The van der Waals surface area contributed by atoms with E-state index in [-0.39, 0.29) is 5.97 Å². The van der Waals surface area contributed by atoms with E-state index in [4.69, 9.17) is 33.7 Å². The fourth-order valence-corrected chi connectivity index (χ4v) is 2.69. The van der Waals surface area contributed by atoms with E-state index in [2.05, 4.69) is 20.6 Å². The first-order valence-electron chi connectivity index (χ1n) is 8.34. The SMILES string of the molecule is CCOC(=O)c1ccc(Nc2ncnc(Nc3cc(Cl)ccc3Cl)c2N)cc1. The molecule has 2 aromatic carbocycles. The number of hydrogen-bond acceptors (Lipinski definition) is 7. The van der Waals surface area contributed by atoms with Crippen LogP contribution in [0.15, 0.2) is 48.8 Å². The molecule has 0 aliphatic rings. The Labute approximate surface area is 171 Å². The van der Waals surface area contributed by atoms with Crippen LogP contribution in [-0.4, -0.2) is 22.5 Å². The largest absolute Gasteiger partial charge is 0.462 e. The second-order valence-corrected chi connectivity index (χ2v) is 6.50. The third kappa shape index (κ3) is 4.62. The van der Waals surface area contributed by atoms with Crippen LogP contribution in [0.4, 0.5) is 28.7 Å². The number of nitrogens with zero attached hydrogens (tertiary/aromatic N) is 2. The van der Waals surface area contributed by atoms with Gasteiger partial charge in [0.05, 0.1) is 22.9 Å². The lowest BCUT2D eigenvalue weighted by molar-refractivity contribution is 0.0526. The van der Waals surface area contributed by atoms with Crippen LogP contribution in [0.5, 0.6) is 0 Å². The lowest BCUT2D eigenvalue weighted by atomic mass is 10.2. The Morgan fingerprint density at radius 2 is 1.75 bits per heavy atom. The van der Waals surface area contributed by atoms with Gasteiger partial charge in [0.25, 0.3) is 0 Å². The molecule has 0 aliphatic heterocycles. The smallest absolute Gasteiger partial charge is 0.338 e. The maximum atomic E-state index is 11.7. The highest BCUT2D eigenvalue weighted by atomic mass is 35.5. The van der Waals surface area contributed by atoms with E-state index in [1.165, 1.54) is 6.33 Å². The molecule has 28 heavy (non-hydrogen) atoms. The number of nitrogens with one attached hydrogen (secondary N) is 2. The molecule has 0 aliphatic carbocycles. The summed E-state index contributed by atoms with van der Waals surface area (Å²) in [5, 5.41) is 7.15. The molecule has 0 atom stereocenters. The van der Waals surface area contributed by atoms with Crippen molar-refractivity contribution < 1.29 is 9.53 Å². The van der Waals surface area contributed by atoms with Crippen LogP contribution in [0, 0.1) is 0 Å². The van der Waals surface area contributed by atoms with Crippen LogP contribution in [0.3, 0.4) is 0 Å². The molecule has 1 heterocycles. The molecule has 1 aromatic heterocycles. The van der Waals surface area contributed by atoms with Crippen molar-refractivity contribution >= 4 is 57.9 Å². The second kappa shape index (κ2) is 8.77. The lowest BCUT2D eigenvalue weighted by Crippen LogP contribution is -2.06. The minimum Gasteiger partial charge on any atom is -0.462 e. The number of nitrogen functional groups attached to an aromatic ring is 1. The zero-order valence-electron chi connectivity index (χ0n) is 14.9. The number of halogens is 2. The number of hydrogen-bond donors (Lipinski definition) is 3. The summed E-state index contributed by atoms with van der Waals surface area (Å²) in [7, 11) is 0. The standard InChI is InChI=1S/C19H17Cl2N5O2/c1-2-28-19(27)11-3-6-13(7-4-11)25-17-16(22)18(24-10-23-17)26-15-9-12(20)5-8-14(15)21/h3-10H,2,22H2,1H3,(H2,23,24,25,26). The highest BCUT2D eigenvalue weighted by Gasteiger charge is 2.11. The maximum Gasteiger partial charge on any atom is 0.338 e. The number of aromatic nitrogens is 2. The fourth-order valence-electron chi connectivity index (χ4n) is 2.36. The molecule has 0 saturated carbocycles. The summed E-state index contributed by atoms with van der Waals surface area (Å²) in [6.07, 6.45) is 1.37. The highest BCUT2D eigenvalue weighted by molar-refractivity contribution is 6.35. The van der Waals surface area contributed by atoms with Gasteiger partial charge in [0.2, 0.25) is 0 Å². The minimum absolute atomic E-state index is 0.299. The number of esters is 1. The van der Waals surface area contributed by atoms with Crippen molar-refractivity contribution in [1.29, 1.82) is 0 Å². The van der Waals surface area contributed by atoms with E-state index >= 15 is 0 Å². The summed E-state index contributed by atoms with van der Waals surface area (Å²) in [4.78, 5) is 20.0. The molecule has 0 bridgehead atoms. The fraction of sp³-hybridized carbons (Fsp3) is 0.105. The quantitative estimate of drug-likeness (QED) is 0.483. The molecule has 0 saturated heterocycles. The van der Waals surface area contributed by atoms with Crippen LogP contribution in [0.2, 0.25) is 10.0 Å². The molecule has 0 amide bonds. The zero-order valence-corrected chi connectivity index (χ0v) is 16.4. The first-order chi connectivity index (χ1) is 13.5. The number of carbonyl (C=O) groups excluding carboxylic acids is 1.